The minimum absolute atomic E-state index is 0.209. The molecule has 1 aromatic rings. The van der Waals surface area contributed by atoms with Crippen LogP contribution in [0, 0.1) is 5.92 Å². The Labute approximate surface area is 113 Å². The molecular weight excluding hydrogens is 250 g/mol. The number of benzene rings is 1. The van der Waals surface area contributed by atoms with Crippen LogP contribution in [0.15, 0.2) is 12.1 Å². The molecule has 100 valence electrons. The van der Waals surface area contributed by atoms with Gasteiger partial charge in [0.15, 0.2) is 11.5 Å². The molecular formula is C14H20ClNO2. The Kier molecular flexibility index (Phi) is 4.36. The Hall–Kier alpha value is -0.930. The lowest BCUT2D eigenvalue weighted by molar-refractivity contribution is 0.183. The van der Waals surface area contributed by atoms with E-state index in [0.29, 0.717) is 10.8 Å². The molecule has 0 unspecified atom stereocenters. The van der Waals surface area contributed by atoms with E-state index < -0.39 is 0 Å². The number of methoxy groups -OCH3 is 1. The predicted octanol–water partition coefficient (Wildman–Crippen LogP) is 3.29. The first-order valence-electron chi connectivity index (χ1n) is 6.38. The fourth-order valence-corrected chi connectivity index (χ4v) is 2.60. The van der Waals surface area contributed by atoms with E-state index >= 15 is 0 Å². The van der Waals surface area contributed by atoms with Gasteiger partial charge in [0.2, 0.25) is 0 Å². The molecule has 0 aromatic heterocycles. The van der Waals surface area contributed by atoms with Crippen molar-refractivity contribution in [3.8, 4) is 11.5 Å². The fourth-order valence-electron chi connectivity index (χ4n) is 2.37. The third-order valence-corrected chi connectivity index (χ3v) is 3.83. The molecule has 0 radical (unpaired) electrons. The molecule has 1 fully saturated rings. The van der Waals surface area contributed by atoms with Crippen molar-refractivity contribution in [3.63, 3.8) is 0 Å². The van der Waals surface area contributed by atoms with Crippen molar-refractivity contribution in [3.05, 3.63) is 22.7 Å². The van der Waals surface area contributed by atoms with Crippen LogP contribution in [0.3, 0.4) is 0 Å². The van der Waals surface area contributed by atoms with Crippen molar-refractivity contribution in [2.75, 3.05) is 20.2 Å². The van der Waals surface area contributed by atoms with Gasteiger partial charge in [-0.2, -0.15) is 0 Å². The summed E-state index contributed by atoms with van der Waals surface area (Å²) in [4.78, 5) is 2.35. The summed E-state index contributed by atoms with van der Waals surface area (Å²) in [5.41, 5.74) is 0.842. The summed E-state index contributed by atoms with van der Waals surface area (Å²) in [6.45, 7) is 5.18. The summed E-state index contributed by atoms with van der Waals surface area (Å²) in [5.74, 6) is 1.46. The van der Waals surface area contributed by atoms with Crippen LogP contribution in [-0.4, -0.2) is 30.2 Å². The molecule has 2 rings (SSSR count). The van der Waals surface area contributed by atoms with Gasteiger partial charge >= 0.3 is 0 Å². The molecule has 0 atom stereocenters. The highest BCUT2D eigenvalue weighted by Gasteiger charge is 2.18. The third kappa shape index (κ3) is 3.09. The topological polar surface area (TPSA) is 32.7 Å². The highest BCUT2D eigenvalue weighted by molar-refractivity contribution is 6.30. The van der Waals surface area contributed by atoms with E-state index in [2.05, 4.69) is 11.8 Å². The zero-order valence-electron chi connectivity index (χ0n) is 10.9. The van der Waals surface area contributed by atoms with Crippen LogP contribution in [-0.2, 0) is 6.54 Å². The highest BCUT2D eigenvalue weighted by atomic mass is 35.5. The third-order valence-electron chi connectivity index (χ3n) is 3.61. The first kappa shape index (κ1) is 13.5. The van der Waals surface area contributed by atoms with E-state index in [-0.39, 0.29) is 5.75 Å². The number of halogens is 1. The van der Waals surface area contributed by atoms with E-state index in [1.54, 1.807) is 6.07 Å². The van der Waals surface area contributed by atoms with E-state index in [1.165, 1.54) is 20.0 Å². The first-order valence-corrected chi connectivity index (χ1v) is 6.75. The predicted molar refractivity (Wildman–Crippen MR) is 73.3 cm³/mol. The van der Waals surface area contributed by atoms with Gasteiger partial charge < -0.3 is 9.84 Å². The maximum absolute atomic E-state index is 10.1. The second-order valence-corrected chi connectivity index (χ2v) is 5.51. The number of rotatable bonds is 3. The quantitative estimate of drug-likeness (QED) is 0.914. The molecule has 4 heteroatoms. The average molecular weight is 270 g/mol. The molecule has 1 aromatic carbocycles. The summed E-state index contributed by atoms with van der Waals surface area (Å²) in [5, 5.41) is 10.7. The van der Waals surface area contributed by atoms with Crippen molar-refractivity contribution >= 4 is 11.6 Å². The van der Waals surface area contributed by atoms with Crippen molar-refractivity contribution < 1.29 is 9.84 Å². The molecule has 1 heterocycles. The Morgan fingerprint density at radius 1 is 1.39 bits per heavy atom. The number of phenols is 1. The van der Waals surface area contributed by atoms with Crippen molar-refractivity contribution in [1.82, 2.24) is 4.90 Å². The van der Waals surface area contributed by atoms with Gasteiger partial charge in [-0.1, -0.05) is 18.5 Å². The fraction of sp³-hybridized carbons (Fsp3) is 0.571. The van der Waals surface area contributed by atoms with E-state index in [0.717, 1.165) is 31.1 Å². The van der Waals surface area contributed by atoms with Crippen LogP contribution in [0.1, 0.15) is 25.3 Å². The Bertz CT molecular complexity index is 415. The molecule has 0 bridgehead atoms. The number of hydrogen-bond acceptors (Lipinski definition) is 3. The van der Waals surface area contributed by atoms with Crippen molar-refractivity contribution in [1.29, 1.82) is 0 Å². The Morgan fingerprint density at radius 3 is 2.67 bits per heavy atom. The smallest absolute Gasteiger partial charge is 0.162 e. The largest absolute Gasteiger partial charge is 0.504 e. The normalized spacial score (nSPS) is 17.9. The first-order chi connectivity index (χ1) is 8.60. The Morgan fingerprint density at radius 2 is 2.06 bits per heavy atom. The van der Waals surface area contributed by atoms with E-state index in [9.17, 15) is 5.11 Å². The number of piperidine rings is 1. The van der Waals surface area contributed by atoms with Crippen LogP contribution in [0.4, 0.5) is 0 Å². The van der Waals surface area contributed by atoms with Crippen LogP contribution in [0.2, 0.25) is 5.02 Å². The van der Waals surface area contributed by atoms with Gasteiger partial charge in [-0.05, 0) is 37.9 Å². The van der Waals surface area contributed by atoms with Crippen LogP contribution < -0.4 is 4.74 Å². The van der Waals surface area contributed by atoms with Gasteiger partial charge in [-0.3, -0.25) is 4.90 Å². The SMILES string of the molecule is COc1cc(Cl)cc(CN2CCC(C)CC2)c1O. The number of aromatic hydroxyl groups is 1. The zero-order valence-corrected chi connectivity index (χ0v) is 11.7. The van der Waals surface area contributed by atoms with Gasteiger partial charge in [0.1, 0.15) is 0 Å². The van der Waals surface area contributed by atoms with Gasteiger partial charge in [0.05, 0.1) is 7.11 Å². The number of ether oxygens (including phenoxy) is 1. The molecule has 0 spiro atoms. The maximum atomic E-state index is 10.1. The average Bonchev–Trinajstić information content (AvgIpc) is 2.36. The lowest BCUT2D eigenvalue weighted by Gasteiger charge is -2.30. The van der Waals surface area contributed by atoms with E-state index in [4.69, 9.17) is 16.3 Å². The summed E-state index contributed by atoms with van der Waals surface area (Å²) >= 11 is 6.03. The molecule has 0 amide bonds. The number of nitrogens with zero attached hydrogens (tertiary/aromatic N) is 1. The van der Waals surface area contributed by atoms with Gasteiger partial charge in [-0.25, -0.2) is 0 Å². The second-order valence-electron chi connectivity index (χ2n) is 5.07. The highest BCUT2D eigenvalue weighted by Crippen LogP contribution is 2.34. The summed E-state index contributed by atoms with van der Waals surface area (Å²) in [6.07, 6.45) is 2.44. The van der Waals surface area contributed by atoms with Crippen molar-refractivity contribution in [2.24, 2.45) is 5.92 Å². The van der Waals surface area contributed by atoms with Crippen LogP contribution in [0.25, 0.3) is 0 Å². The van der Waals surface area contributed by atoms with E-state index in [1.807, 2.05) is 6.07 Å². The summed E-state index contributed by atoms with van der Waals surface area (Å²) in [7, 11) is 1.54. The molecule has 1 N–H and O–H groups in total. The standard InChI is InChI=1S/C14H20ClNO2/c1-10-3-5-16(6-4-10)9-11-7-12(15)8-13(18-2)14(11)17/h7-8,10,17H,3-6,9H2,1-2H3. The number of hydrogen-bond donors (Lipinski definition) is 1. The van der Waals surface area contributed by atoms with Gasteiger partial charge in [-0.15, -0.1) is 0 Å². The molecule has 1 aliphatic rings. The second kappa shape index (κ2) is 5.81. The summed E-state index contributed by atoms with van der Waals surface area (Å²) in [6, 6.07) is 3.45. The maximum Gasteiger partial charge on any atom is 0.162 e. The lowest BCUT2D eigenvalue weighted by Crippen LogP contribution is -2.32. The molecule has 3 nitrogen and oxygen atoms in total. The zero-order chi connectivity index (χ0) is 13.1. The van der Waals surface area contributed by atoms with Crippen molar-refractivity contribution in [2.45, 2.75) is 26.3 Å². The molecule has 0 saturated carbocycles. The number of likely N-dealkylation sites (tertiary alicyclic amines) is 1. The molecule has 1 saturated heterocycles. The summed E-state index contributed by atoms with van der Waals surface area (Å²) < 4.78 is 5.12. The molecule has 1 aliphatic heterocycles. The lowest BCUT2D eigenvalue weighted by atomic mass is 9.99. The molecule has 0 aliphatic carbocycles. The monoisotopic (exact) mass is 269 g/mol. The van der Waals surface area contributed by atoms with Crippen LogP contribution >= 0.6 is 11.6 Å². The minimum Gasteiger partial charge on any atom is -0.504 e. The van der Waals surface area contributed by atoms with Gasteiger partial charge in [0.25, 0.3) is 0 Å². The Balaban J connectivity index is 2.11. The minimum atomic E-state index is 0.209. The van der Waals surface area contributed by atoms with Gasteiger partial charge in [0, 0.05) is 23.2 Å². The number of phenolic OH excluding ortho intramolecular Hbond substituents is 1. The molecule has 18 heavy (non-hydrogen) atoms. The van der Waals surface area contributed by atoms with Crippen LogP contribution in [0.5, 0.6) is 11.5 Å².